The number of aryl methyl sites for hydroxylation is 1. The van der Waals surface area contributed by atoms with E-state index in [1.165, 1.54) is 11.3 Å². The molecule has 3 heterocycles. The van der Waals surface area contributed by atoms with Crippen molar-refractivity contribution in [2.24, 2.45) is 0 Å². The van der Waals surface area contributed by atoms with Crippen LogP contribution in [0.5, 0.6) is 11.5 Å². The molecule has 0 atom stereocenters. The number of benzene rings is 1. The van der Waals surface area contributed by atoms with Crippen molar-refractivity contribution >= 4 is 27.5 Å². The average molecular weight is 372 g/mol. The zero-order chi connectivity index (χ0) is 18.3. The second-order valence-electron chi connectivity index (χ2n) is 5.80. The van der Waals surface area contributed by atoms with Crippen LogP contribution in [0.15, 0.2) is 23.0 Å². The van der Waals surface area contributed by atoms with Gasteiger partial charge in [-0.2, -0.15) is 0 Å². The van der Waals surface area contributed by atoms with E-state index < -0.39 is 5.97 Å². The van der Waals surface area contributed by atoms with E-state index in [9.17, 15) is 9.59 Å². The zero-order valence-electron chi connectivity index (χ0n) is 14.3. The first-order chi connectivity index (χ1) is 12.6. The lowest BCUT2D eigenvalue weighted by Gasteiger charge is -2.05. The van der Waals surface area contributed by atoms with Gasteiger partial charge in [-0.3, -0.25) is 4.79 Å². The van der Waals surface area contributed by atoms with Gasteiger partial charge in [-0.1, -0.05) is 12.1 Å². The van der Waals surface area contributed by atoms with E-state index in [-0.39, 0.29) is 19.0 Å². The van der Waals surface area contributed by atoms with Crippen molar-refractivity contribution in [1.29, 1.82) is 0 Å². The molecule has 7 nitrogen and oxygen atoms in total. The molecule has 0 fully saturated rings. The number of H-pyrrole nitrogens is 1. The maximum absolute atomic E-state index is 12.5. The number of nitrogens with zero attached hydrogens (tertiary/aromatic N) is 1. The molecule has 0 radical (unpaired) electrons. The van der Waals surface area contributed by atoms with Gasteiger partial charge >= 0.3 is 5.97 Å². The van der Waals surface area contributed by atoms with Crippen LogP contribution in [0.3, 0.4) is 0 Å². The predicted octanol–water partition coefficient (Wildman–Crippen LogP) is 2.79. The van der Waals surface area contributed by atoms with Crippen molar-refractivity contribution in [3.63, 3.8) is 0 Å². The van der Waals surface area contributed by atoms with Gasteiger partial charge in [0.15, 0.2) is 11.5 Å². The number of thiophene rings is 1. The topological polar surface area (TPSA) is 90.5 Å². The molecule has 1 aliphatic heterocycles. The van der Waals surface area contributed by atoms with Crippen LogP contribution >= 0.6 is 11.3 Å². The van der Waals surface area contributed by atoms with Crippen molar-refractivity contribution in [3.05, 3.63) is 50.4 Å². The van der Waals surface area contributed by atoms with Crippen LogP contribution < -0.4 is 15.0 Å². The molecule has 0 saturated heterocycles. The standard InChI is InChI=1S/C18H16N2O5S/c1-3-23-18(22)15-9(2)13-16(21)19-12(20-17(13)26-15)7-10-5-4-6-11-14(10)25-8-24-11/h4-6H,3,7-8H2,1-2H3,(H,19,20,21). The molecule has 1 aromatic carbocycles. The fourth-order valence-electron chi connectivity index (χ4n) is 2.97. The van der Waals surface area contributed by atoms with E-state index in [1.807, 2.05) is 18.2 Å². The third-order valence-electron chi connectivity index (χ3n) is 4.15. The largest absolute Gasteiger partial charge is 0.462 e. The number of aromatic amines is 1. The van der Waals surface area contributed by atoms with Crippen LogP contribution in [-0.2, 0) is 11.2 Å². The minimum Gasteiger partial charge on any atom is -0.462 e. The van der Waals surface area contributed by atoms with Gasteiger partial charge in [-0.15, -0.1) is 11.3 Å². The lowest BCUT2D eigenvalue weighted by atomic mass is 10.1. The lowest BCUT2D eigenvalue weighted by molar-refractivity contribution is 0.0531. The van der Waals surface area contributed by atoms with Crippen molar-refractivity contribution in [2.75, 3.05) is 13.4 Å². The number of aromatic nitrogens is 2. The van der Waals surface area contributed by atoms with E-state index >= 15 is 0 Å². The fraction of sp³-hybridized carbons (Fsp3) is 0.278. The molecule has 3 aromatic rings. The predicted molar refractivity (Wildman–Crippen MR) is 96.3 cm³/mol. The number of rotatable bonds is 4. The first kappa shape index (κ1) is 16.6. The van der Waals surface area contributed by atoms with Gasteiger partial charge in [-0.25, -0.2) is 9.78 Å². The molecular formula is C18H16N2O5S. The van der Waals surface area contributed by atoms with Gasteiger partial charge in [0, 0.05) is 12.0 Å². The Labute approximate surface area is 152 Å². The highest BCUT2D eigenvalue weighted by atomic mass is 32.1. The molecule has 0 saturated carbocycles. The summed E-state index contributed by atoms with van der Waals surface area (Å²) in [5.41, 5.74) is 1.21. The molecule has 0 unspecified atom stereocenters. The molecule has 1 aliphatic rings. The molecular weight excluding hydrogens is 356 g/mol. The van der Waals surface area contributed by atoms with Crippen LogP contribution in [0.1, 0.15) is 33.5 Å². The highest BCUT2D eigenvalue weighted by Gasteiger charge is 2.22. The van der Waals surface area contributed by atoms with Crippen molar-refractivity contribution < 1.29 is 19.0 Å². The molecule has 0 amide bonds. The van der Waals surface area contributed by atoms with Gasteiger partial charge in [-0.05, 0) is 25.5 Å². The molecule has 0 bridgehead atoms. The Morgan fingerprint density at radius 1 is 1.38 bits per heavy atom. The van der Waals surface area contributed by atoms with Crippen molar-refractivity contribution in [3.8, 4) is 11.5 Å². The Bertz CT molecular complexity index is 1070. The zero-order valence-corrected chi connectivity index (χ0v) is 15.1. The Hall–Kier alpha value is -2.87. The smallest absolute Gasteiger partial charge is 0.348 e. The van der Waals surface area contributed by atoms with Crippen LogP contribution in [0, 0.1) is 6.92 Å². The summed E-state index contributed by atoms with van der Waals surface area (Å²) in [6.07, 6.45) is 0.392. The normalized spacial score (nSPS) is 12.5. The Balaban J connectivity index is 1.75. The number of para-hydroxylation sites is 1. The molecule has 1 N–H and O–H groups in total. The molecule has 2 aromatic heterocycles. The summed E-state index contributed by atoms with van der Waals surface area (Å²) in [6, 6.07) is 5.61. The molecule has 0 spiro atoms. The minimum absolute atomic E-state index is 0.183. The number of esters is 1. The van der Waals surface area contributed by atoms with E-state index in [0.29, 0.717) is 44.4 Å². The van der Waals surface area contributed by atoms with E-state index in [2.05, 4.69) is 9.97 Å². The number of hydrogen-bond donors (Lipinski definition) is 1. The Morgan fingerprint density at radius 3 is 3.04 bits per heavy atom. The lowest BCUT2D eigenvalue weighted by Crippen LogP contribution is -2.12. The average Bonchev–Trinajstić information content (AvgIpc) is 3.20. The third-order valence-corrected chi connectivity index (χ3v) is 5.31. The number of ether oxygens (including phenoxy) is 3. The molecule has 0 aliphatic carbocycles. The summed E-state index contributed by atoms with van der Waals surface area (Å²) in [7, 11) is 0. The maximum atomic E-state index is 12.5. The second kappa shape index (κ2) is 6.45. The number of carbonyl (C=O) groups is 1. The van der Waals surface area contributed by atoms with E-state index in [0.717, 1.165) is 5.56 Å². The second-order valence-corrected chi connectivity index (χ2v) is 6.80. The number of carbonyl (C=O) groups excluding carboxylic acids is 1. The summed E-state index contributed by atoms with van der Waals surface area (Å²) < 4.78 is 15.9. The SMILES string of the molecule is CCOC(=O)c1sc2nc(Cc3cccc4c3OCO4)[nH]c(=O)c2c1C. The minimum atomic E-state index is -0.430. The highest BCUT2D eigenvalue weighted by molar-refractivity contribution is 7.20. The molecule has 134 valence electrons. The fourth-order valence-corrected chi connectivity index (χ4v) is 4.07. The van der Waals surface area contributed by atoms with Crippen LogP contribution in [0.25, 0.3) is 10.2 Å². The summed E-state index contributed by atoms with van der Waals surface area (Å²) in [5, 5.41) is 0.430. The Kier molecular flexibility index (Phi) is 4.12. The third kappa shape index (κ3) is 2.72. The van der Waals surface area contributed by atoms with Gasteiger partial charge in [0.2, 0.25) is 6.79 Å². The number of hydrogen-bond acceptors (Lipinski definition) is 7. The molecule has 26 heavy (non-hydrogen) atoms. The van der Waals surface area contributed by atoms with Gasteiger partial charge in [0.1, 0.15) is 15.5 Å². The summed E-state index contributed by atoms with van der Waals surface area (Å²) in [4.78, 5) is 32.9. The van der Waals surface area contributed by atoms with Crippen molar-refractivity contribution in [2.45, 2.75) is 20.3 Å². The van der Waals surface area contributed by atoms with Gasteiger partial charge < -0.3 is 19.2 Å². The molecule has 8 heteroatoms. The number of fused-ring (bicyclic) bond motifs is 2. The first-order valence-electron chi connectivity index (χ1n) is 8.15. The van der Waals surface area contributed by atoms with Crippen LogP contribution in [0.2, 0.25) is 0 Å². The van der Waals surface area contributed by atoms with E-state index in [1.54, 1.807) is 13.8 Å². The number of nitrogens with one attached hydrogen (secondary N) is 1. The maximum Gasteiger partial charge on any atom is 0.348 e. The Morgan fingerprint density at radius 2 is 2.23 bits per heavy atom. The molecule has 4 rings (SSSR count). The summed E-state index contributed by atoms with van der Waals surface area (Å²) in [5.74, 6) is 1.43. The van der Waals surface area contributed by atoms with Gasteiger partial charge in [0.05, 0.1) is 12.0 Å². The van der Waals surface area contributed by atoms with Crippen LogP contribution in [-0.4, -0.2) is 29.3 Å². The first-order valence-corrected chi connectivity index (χ1v) is 8.97. The van der Waals surface area contributed by atoms with Crippen LogP contribution in [0.4, 0.5) is 0 Å². The monoisotopic (exact) mass is 372 g/mol. The van der Waals surface area contributed by atoms with Crippen molar-refractivity contribution in [1.82, 2.24) is 9.97 Å². The summed E-state index contributed by atoms with van der Waals surface area (Å²) >= 11 is 1.17. The van der Waals surface area contributed by atoms with Gasteiger partial charge in [0.25, 0.3) is 5.56 Å². The quantitative estimate of drug-likeness (QED) is 0.708. The highest BCUT2D eigenvalue weighted by Crippen LogP contribution is 2.36. The summed E-state index contributed by atoms with van der Waals surface area (Å²) in [6.45, 7) is 3.94. The van der Waals surface area contributed by atoms with E-state index in [4.69, 9.17) is 14.2 Å².